The molecule has 3 atom stereocenters. The maximum absolute atomic E-state index is 10.5. The zero-order chi connectivity index (χ0) is 9.60. The summed E-state index contributed by atoms with van der Waals surface area (Å²) in [5.41, 5.74) is 2.23. The van der Waals surface area contributed by atoms with Gasteiger partial charge in [-0.3, -0.25) is 10.6 Å². The van der Waals surface area contributed by atoms with Crippen molar-refractivity contribution in [1.82, 2.24) is 21.1 Å². The first-order chi connectivity index (χ1) is 6.81. The van der Waals surface area contributed by atoms with Gasteiger partial charge in [0.25, 0.3) is 0 Å². The number of fused-ring (bicyclic) bond motifs is 3. The van der Waals surface area contributed by atoms with E-state index in [2.05, 4.69) is 16.1 Å². The fraction of sp³-hybridized carbons (Fsp3) is 0.556. The molecule has 2 fully saturated rings. The van der Waals surface area contributed by atoms with Gasteiger partial charge in [-0.2, -0.15) is 5.01 Å². The highest BCUT2D eigenvalue weighted by atomic mass is 16.3. The molecule has 0 aromatic heterocycles. The van der Waals surface area contributed by atoms with E-state index in [4.69, 9.17) is 0 Å². The summed E-state index contributed by atoms with van der Waals surface area (Å²) >= 11 is 0. The Balaban J connectivity index is 1.96. The first-order valence-corrected chi connectivity index (χ1v) is 4.89. The molecule has 5 heteroatoms. The van der Waals surface area contributed by atoms with Crippen molar-refractivity contribution >= 4 is 0 Å². The van der Waals surface area contributed by atoms with Crippen molar-refractivity contribution in [3.8, 4) is 0 Å². The minimum atomic E-state index is -0.895. The fourth-order valence-corrected chi connectivity index (χ4v) is 2.28. The summed E-state index contributed by atoms with van der Waals surface area (Å²) in [6.45, 7) is 1.47. The summed E-state index contributed by atoms with van der Waals surface area (Å²) in [6, 6.07) is 0. The van der Waals surface area contributed by atoms with E-state index in [1.807, 2.05) is 29.3 Å². The normalized spacial score (nSPS) is 46.4. The minimum absolute atomic E-state index is 0.0207. The molecule has 0 spiro atoms. The van der Waals surface area contributed by atoms with Crippen molar-refractivity contribution in [1.29, 1.82) is 0 Å². The predicted molar refractivity (Wildman–Crippen MR) is 51.5 cm³/mol. The van der Waals surface area contributed by atoms with Crippen LogP contribution in [-0.2, 0) is 0 Å². The van der Waals surface area contributed by atoms with Crippen LogP contribution in [0, 0.1) is 5.92 Å². The lowest BCUT2D eigenvalue weighted by molar-refractivity contribution is -0.158. The molecule has 76 valence electrons. The largest absolute Gasteiger partial charge is 0.370 e. The molecule has 0 aromatic rings. The molecule has 3 unspecified atom stereocenters. The Hall–Kier alpha value is -0.720. The number of hydrazine groups is 1. The fourth-order valence-electron chi connectivity index (χ4n) is 2.28. The van der Waals surface area contributed by atoms with Crippen molar-refractivity contribution in [2.45, 2.75) is 12.0 Å². The maximum Gasteiger partial charge on any atom is 0.160 e. The van der Waals surface area contributed by atoms with E-state index in [1.54, 1.807) is 0 Å². The Morgan fingerprint density at radius 2 is 2.29 bits per heavy atom. The summed E-state index contributed by atoms with van der Waals surface area (Å²) in [5, 5.41) is 18.9. The van der Waals surface area contributed by atoms with Gasteiger partial charge in [-0.1, -0.05) is 18.2 Å². The van der Waals surface area contributed by atoms with Crippen LogP contribution in [0.15, 0.2) is 24.3 Å². The SMILES string of the molecule is OC12C=CC=CC1CNC1NCNN12. The number of hydrogen-bond acceptors (Lipinski definition) is 5. The van der Waals surface area contributed by atoms with Gasteiger partial charge in [0.15, 0.2) is 5.72 Å². The summed E-state index contributed by atoms with van der Waals surface area (Å²) in [4.78, 5) is 0. The molecule has 2 heterocycles. The van der Waals surface area contributed by atoms with E-state index in [1.165, 1.54) is 0 Å². The molecule has 0 bridgehead atoms. The van der Waals surface area contributed by atoms with Crippen molar-refractivity contribution in [3.63, 3.8) is 0 Å². The molecule has 0 aromatic carbocycles. The van der Waals surface area contributed by atoms with Crippen molar-refractivity contribution in [2.24, 2.45) is 5.92 Å². The number of aliphatic hydroxyl groups is 1. The number of allylic oxidation sites excluding steroid dienone is 2. The van der Waals surface area contributed by atoms with Crippen LogP contribution in [0.5, 0.6) is 0 Å². The molecular weight excluding hydrogens is 180 g/mol. The van der Waals surface area contributed by atoms with E-state index in [0.29, 0.717) is 6.67 Å². The van der Waals surface area contributed by atoms with E-state index in [9.17, 15) is 5.11 Å². The average molecular weight is 194 g/mol. The molecule has 0 saturated carbocycles. The summed E-state index contributed by atoms with van der Waals surface area (Å²) in [5.74, 6) is 0.108. The van der Waals surface area contributed by atoms with Gasteiger partial charge in [-0.25, -0.2) is 5.43 Å². The Labute approximate surface area is 82.4 Å². The van der Waals surface area contributed by atoms with Gasteiger partial charge in [0.2, 0.25) is 0 Å². The van der Waals surface area contributed by atoms with Crippen molar-refractivity contribution < 1.29 is 5.11 Å². The van der Waals surface area contributed by atoms with Gasteiger partial charge >= 0.3 is 0 Å². The lowest BCUT2D eigenvalue weighted by Gasteiger charge is -2.47. The monoisotopic (exact) mass is 194 g/mol. The highest BCUT2D eigenvalue weighted by Gasteiger charge is 2.48. The average Bonchev–Trinajstić information content (AvgIpc) is 2.66. The van der Waals surface area contributed by atoms with E-state index < -0.39 is 5.72 Å². The third-order valence-corrected chi connectivity index (χ3v) is 3.06. The summed E-state index contributed by atoms with van der Waals surface area (Å²) in [7, 11) is 0. The zero-order valence-corrected chi connectivity index (χ0v) is 7.77. The van der Waals surface area contributed by atoms with E-state index >= 15 is 0 Å². The second-order valence-electron chi connectivity index (χ2n) is 3.85. The Kier molecular flexibility index (Phi) is 1.77. The Bertz CT molecular complexity index is 303. The van der Waals surface area contributed by atoms with Crippen LogP contribution in [0.25, 0.3) is 0 Å². The quantitative estimate of drug-likeness (QED) is 0.385. The van der Waals surface area contributed by atoms with Crippen molar-refractivity contribution in [3.05, 3.63) is 24.3 Å². The zero-order valence-electron chi connectivity index (χ0n) is 7.77. The molecule has 0 amide bonds. The lowest BCUT2D eigenvalue weighted by atomic mass is 9.89. The molecule has 0 radical (unpaired) electrons. The molecule has 5 nitrogen and oxygen atoms in total. The first kappa shape index (κ1) is 8.58. The number of nitrogens with one attached hydrogen (secondary N) is 3. The number of rotatable bonds is 0. The Morgan fingerprint density at radius 1 is 1.36 bits per heavy atom. The molecule has 2 aliphatic heterocycles. The molecule has 14 heavy (non-hydrogen) atoms. The first-order valence-electron chi connectivity index (χ1n) is 4.89. The second-order valence-corrected chi connectivity index (χ2v) is 3.85. The van der Waals surface area contributed by atoms with Crippen LogP contribution in [0.1, 0.15) is 0 Å². The van der Waals surface area contributed by atoms with E-state index in [0.717, 1.165) is 6.54 Å². The standard InChI is InChI=1S/C9H14N4O/c14-9-4-2-1-3-7(9)5-10-8-11-6-12-13(8)9/h1-4,7-8,10-12,14H,5-6H2. The maximum atomic E-state index is 10.5. The summed E-state index contributed by atoms with van der Waals surface area (Å²) in [6.07, 6.45) is 7.76. The van der Waals surface area contributed by atoms with Gasteiger partial charge in [0.05, 0.1) is 6.67 Å². The van der Waals surface area contributed by atoms with Gasteiger partial charge in [-0.05, 0) is 6.08 Å². The predicted octanol–water partition coefficient (Wildman–Crippen LogP) is -1.33. The molecular formula is C9H14N4O. The number of hydrogen-bond donors (Lipinski definition) is 4. The minimum Gasteiger partial charge on any atom is -0.370 e. The van der Waals surface area contributed by atoms with Gasteiger partial charge in [0.1, 0.15) is 6.29 Å². The smallest absolute Gasteiger partial charge is 0.160 e. The van der Waals surface area contributed by atoms with Crippen LogP contribution in [0.3, 0.4) is 0 Å². The highest BCUT2D eigenvalue weighted by Crippen LogP contribution is 2.31. The van der Waals surface area contributed by atoms with Crippen LogP contribution >= 0.6 is 0 Å². The number of nitrogens with zero attached hydrogens (tertiary/aromatic N) is 1. The molecule has 2 saturated heterocycles. The van der Waals surface area contributed by atoms with Crippen molar-refractivity contribution in [2.75, 3.05) is 13.2 Å². The lowest BCUT2D eigenvalue weighted by Crippen LogP contribution is -2.69. The molecule has 1 aliphatic carbocycles. The highest BCUT2D eigenvalue weighted by molar-refractivity contribution is 5.23. The second kappa shape index (κ2) is 2.88. The Morgan fingerprint density at radius 3 is 3.21 bits per heavy atom. The third-order valence-electron chi connectivity index (χ3n) is 3.06. The van der Waals surface area contributed by atoms with E-state index in [-0.39, 0.29) is 12.2 Å². The van der Waals surface area contributed by atoms with Crippen LogP contribution in [-0.4, -0.2) is 35.3 Å². The molecule has 4 N–H and O–H groups in total. The third kappa shape index (κ3) is 1.01. The topological polar surface area (TPSA) is 59.6 Å². The molecule has 3 rings (SSSR count). The van der Waals surface area contributed by atoms with Gasteiger partial charge in [0, 0.05) is 12.5 Å². The van der Waals surface area contributed by atoms with Crippen LogP contribution in [0.2, 0.25) is 0 Å². The van der Waals surface area contributed by atoms with Crippen LogP contribution in [0.4, 0.5) is 0 Å². The van der Waals surface area contributed by atoms with Crippen LogP contribution < -0.4 is 16.1 Å². The molecule has 3 aliphatic rings. The summed E-state index contributed by atoms with van der Waals surface area (Å²) < 4.78 is 0. The van der Waals surface area contributed by atoms with Gasteiger partial charge in [-0.15, -0.1) is 0 Å². The van der Waals surface area contributed by atoms with Gasteiger partial charge < -0.3 is 5.11 Å².